The maximum atomic E-state index is 11.9. The second-order valence-corrected chi connectivity index (χ2v) is 20.1. The predicted molar refractivity (Wildman–Crippen MR) is 301 cm³/mol. The molecule has 0 aromatic heterocycles. The van der Waals surface area contributed by atoms with Crippen molar-refractivity contribution in [2.45, 2.75) is 141 Å². The third kappa shape index (κ3) is 39.8. The first-order valence-electron chi connectivity index (χ1n) is 28.2. The molecule has 0 aromatic rings. The maximum Gasteiger partial charge on any atom is 1.00 e. The van der Waals surface area contributed by atoms with Crippen LogP contribution in [0.4, 0.5) is 0 Å². The van der Waals surface area contributed by atoms with E-state index in [1.807, 2.05) is 12.2 Å². The van der Waals surface area contributed by atoms with Gasteiger partial charge in [0.1, 0.15) is 0 Å². The van der Waals surface area contributed by atoms with Crippen molar-refractivity contribution in [1.82, 2.24) is 31.9 Å². The molecule has 5 unspecified atom stereocenters. The number of amides is 5. The first kappa shape index (κ1) is 84.2. The van der Waals surface area contributed by atoms with E-state index in [0.717, 1.165) is 213 Å². The molecule has 5 amide bonds. The Hall–Kier alpha value is -1.26. The number of unbranched alkanes of at least 4 members (excludes halogenated alkanes) is 9. The van der Waals surface area contributed by atoms with Crippen LogP contribution in [-0.4, -0.2) is 152 Å². The summed E-state index contributed by atoms with van der Waals surface area (Å²) >= 11 is 0. The summed E-state index contributed by atoms with van der Waals surface area (Å²) in [6.07, 6.45) is 27.8. The third-order valence-corrected chi connectivity index (χ3v) is 14.0. The van der Waals surface area contributed by atoms with Gasteiger partial charge in [-0.15, -0.1) is 65.4 Å². The molecule has 0 bridgehead atoms. The fraction of sp³-hybridized carbons (Fsp3) is 0.815. The molecule has 79 heavy (non-hydrogen) atoms. The Balaban J connectivity index is -0.000000511. The number of carbonyl (C=O) groups excluding carboxylic acids is 5. The van der Waals surface area contributed by atoms with E-state index in [9.17, 15) is 29.1 Å². The molecule has 1 radical (unpaired) electrons. The smallest absolute Gasteiger partial charge is 0.858 e. The molecular formula is C54H98Ag4N14O7-5. The second kappa shape index (κ2) is 55.9. The van der Waals surface area contributed by atoms with E-state index in [1.54, 1.807) is 6.20 Å². The zero-order valence-corrected chi connectivity index (χ0v) is 52.6. The Bertz CT molecular complexity index is 1490. The number of nitrogens with two attached hydrogens (primary N) is 2. The van der Waals surface area contributed by atoms with Gasteiger partial charge in [0, 0.05) is 110 Å². The Labute approximate surface area is 537 Å². The number of carbonyl (C=O) groups is 5. The number of piperidine rings is 5. The van der Waals surface area contributed by atoms with Gasteiger partial charge in [0.15, 0.2) is 0 Å². The Kier molecular flexibility index (Phi) is 59.6. The monoisotopic (exact) mass is 1480 g/mol. The van der Waals surface area contributed by atoms with Crippen LogP contribution in [0.5, 0.6) is 0 Å². The third-order valence-electron chi connectivity index (χ3n) is 14.0. The molecule has 21 nitrogen and oxygen atoms in total. The normalized spacial score (nSPS) is 21.2. The number of dihydropyridines is 1. The van der Waals surface area contributed by atoms with Gasteiger partial charge in [-0.2, -0.15) is 0 Å². The summed E-state index contributed by atoms with van der Waals surface area (Å²) in [5.41, 5.74) is 0.624. The molecule has 6 heterocycles. The van der Waals surface area contributed by atoms with Gasteiger partial charge in [-0.05, 0) is 76.5 Å². The van der Waals surface area contributed by atoms with Gasteiger partial charge >= 0.3 is 67.1 Å². The summed E-state index contributed by atoms with van der Waals surface area (Å²) in [5, 5.41) is 51.4. The van der Waals surface area contributed by atoms with Gasteiger partial charge in [-0.1, -0.05) is 82.8 Å². The Morgan fingerprint density at radius 3 is 0.962 bits per heavy atom. The molecule has 6 rings (SSSR count). The zero-order chi connectivity index (χ0) is 51.1. The number of aliphatic imine (C=N–C) groups is 1. The molecule has 12 N–H and O–H groups in total. The fourth-order valence-corrected chi connectivity index (χ4v) is 9.46. The van der Waals surface area contributed by atoms with Crippen LogP contribution in [0.1, 0.15) is 141 Å². The molecule has 0 saturated carbocycles. The molecule has 5 saturated heterocycles. The summed E-state index contributed by atoms with van der Waals surface area (Å²) in [4.78, 5) is 63.7. The minimum absolute atomic E-state index is 0. The van der Waals surface area contributed by atoms with Crippen molar-refractivity contribution in [3.8, 4) is 0 Å². The van der Waals surface area contributed by atoms with Crippen molar-refractivity contribution in [1.29, 1.82) is 0 Å². The molecule has 5 atom stereocenters. The Morgan fingerprint density at radius 2 is 0.734 bits per heavy atom. The van der Waals surface area contributed by atoms with E-state index in [2.05, 4.69) is 63.5 Å². The van der Waals surface area contributed by atoms with Gasteiger partial charge < -0.3 is 86.4 Å². The first-order chi connectivity index (χ1) is 35.3. The molecule has 0 aromatic carbocycles. The van der Waals surface area contributed by atoms with Crippen molar-refractivity contribution in [3.05, 3.63) is 62.8 Å². The number of nitrogens with one attached hydrogen (secondary N) is 6. The largest absolute Gasteiger partial charge is 1.00 e. The van der Waals surface area contributed by atoms with Gasteiger partial charge in [0.05, 0.1) is 0 Å². The van der Waals surface area contributed by atoms with E-state index >= 15 is 0 Å². The van der Waals surface area contributed by atoms with Crippen LogP contribution < -0.4 is 37.0 Å². The van der Waals surface area contributed by atoms with E-state index in [-0.39, 0.29) is 172 Å². The van der Waals surface area contributed by atoms with Crippen LogP contribution >= 0.6 is 0 Å². The van der Waals surface area contributed by atoms with E-state index < -0.39 is 0 Å². The minimum Gasteiger partial charge on any atom is -0.858 e. The fourth-order valence-electron chi connectivity index (χ4n) is 9.46. The van der Waals surface area contributed by atoms with Crippen molar-refractivity contribution < 1.29 is 124 Å². The molecule has 6 aliphatic rings. The van der Waals surface area contributed by atoms with Crippen LogP contribution in [0.15, 0.2) is 28.9 Å². The summed E-state index contributed by atoms with van der Waals surface area (Å²) in [5.74, 6) is 1.16. The maximum absolute atomic E-state index is 11.9. The van der Waals surface area contributed by atoms with Crippen molar-refractivity contribution in [2.24, 2.45) is 34.6 Å². The Morgan fingerprint density at radius 1 is 0.468 bits per heavy atom. The van der Waals surface area contributed by atoms with Crippen LogP contribution in [0.2, 0.25) is 0 Å². The van der Waals surface area contributed by atoms with E-state index in [1.165, 1.54) is 0 Å². The minimum atomic E-state index is -0.149. The first-order valence-corrected chi connectivity index (χ1v) is 28.2. The van der Waals surface area contributed by atoms with Crippen molar-refractivity contribution in [2.75, 3.05) is 111 Å². The van der Waals surface area contributed by atoms with Gasteiger partial charge in [0.2, 0.25) is 29.5 Å². The van der Waals surface area contributed by atoms with E-state index in [0.29, 0.717) is 44.8 Å². The van der Waals surface area contributed by atoms with Gasteiger partial charge in [-0.3, -0.25) is 24.0 Å². The van der Waals surface area contributed by atoms with Crippen LogP contribution in [0.25, 0.3) is 38.9 Å². The average Bonchev–Trinajstić information content (AvgIpc) is 3.44. The van der Waals surface area contributed by atoms with Crippen LogP contribution in [0.3, 0.4) is 0 Å². The summed E-state index contributed by atoms with van der Waals surface area (Å²) in [6.45, 7) is 13.1. The second-order valence-electron chi connectivity index (χ2n) is 20.1. The van der Waals surface area contributed by atoms with Crippen molar-refractivity contribution in [3.63, 3.8) is 0 Å². The molecule has 5 fully saturated rings. The van der Waals surface area contributed by atoms with Gasteiger partial charge in [0.25, 0.3) is 0 Å². The molecular weight excluding hydrogens is 1390 g/mol. The predicted octanol–water partition coefficient (Wildman–Crippen LogP) is 6.54. The molecule has 0 spiro atoms. The number of hydrogen-bond donors (Lipinski definition) is 6. The summed E-state index contributed by atoms with van der Waals surface area (Å²) in [7, 11) is 0. The summed E-state index contributed by atoms with van der Waals surface area (Å²) < 4.78 is 0. The summed E-state index contributed by atoms with van der Waals surface area (Å²) in [6, 6.07) is 0. The zero-order valence-electron chi connectivity index (χ0n) is 46.7. The molecule has 475 valence electrons. The molecule has 6 aliphatic heterocycles. The topological polar surface area (TPSA) is 362 Å². The number of hydrogen-bond acceptors (Lipinski definition) is 8. The number of nitrogens with zero attached hydrogens (tertiary/aromatic N) is 6. The van der Waals surface area contributed by atoms with Crippen LogP contribution in [-0.2, 0) is 113 Å². The standard InChI is InChI=1S/2C18H32N4O2.C18H29N4O2.4Ag.2H2N.H2O/c3*23-17(15-7-5-9-19-13-15)21-11-3-1-2-4-12-22-18(24)16-8-6-10-20-14-16;;;;;;;/h2*15-16H,1-14H2,(H,21,23)(H,22,24);5,7,13,16,19H,1-4,6,8-12,14H2,(H,21,23)(H,22,24);;;;;3*1H2/q2*-2;-1;;3*+1;2*-1;/p-1. The molecule has 0 aliphatic carbocycles. The van der Waals surface area contributed by atoms with Crippen molar-refractivity contribution >= 4 is 35.4 Å². The van der Waals surface area contributed by atoms with Crippen LogP contribution in [0, 0.1) is 29.6 Å². The SMILES string of the molecule is O.O=C(NCCCCCCN=C([O-])C1=CNCC=C1)C1CCC[N-]C1.O=C(NCCCCCCNC(=O)C1CCC[N-]C1)C1CCC[N-]C1.O=C(NCCCCCCNC(=O)C1CCC[N-]C1)C1CCC[N-]C1.[Ag+].[Ag+].[Ag+].[Ag].[NH2-].[NH2-]. The quantitative estimate of drug-likeness (QED) is 0.0228. The average molecular weight is 1490 g/mol. The molecule has 25 heteroatoms. The number of rotatable bonds is 27. The van der Waals surface area contributed by atoms with Gasteiger partial charge in [-0.25, -0.2) is 0 Å². The van der Waals surface area contributed by atoms with E-state index in [4.69, 9.17) is 0 Å².